The molecule has 2 saturated heterocycles. The number of hydrogen-bond acceptors (Lipinski definition) is 7. The molecule has 2 aromatic heterocycles. The minimum atomic E-state index is -4.52. The lowest BCUT2D eigenvalue weighted by molar-refractivity contribution is -0.0791. The maximum Gasteiger partial charge on any atom is 0.410 e. The number of nitrogens with one attached hydrogen (secondary N) is 3. The second kappa shape index (κ2) is 13.8. The van der Waals surface area contributed by atoms with Gasteiger partial charge in [-0.2, -0.15) is 18.3 Å². The maximum absolute atomic E-state index is 13.3. The van der Waals surface area contributed by atoms with Gasteiger partial charge in [0.2, 0.25) is 0 Å². The SMILES string of the molecule is Cn1c(-c2c[nH]nc2C=CC(F)(F)F)cnc1C(=O)Nc1ccc(C(=O)N2CCN(C(=O)NC3CN(C(=O)OC(C)(C)C)C3)CC2)c(Cl)c1. The zero-order chi connectivity index (χ0) is 35.7. The van der Waals surface area contributed by atoms with Crippen molar-refractivity contribution in [3.05, 3.63) is 58.8 Å². The number of likely N-dealkylation sites (tertiary alicyclic amines) is 1. The number of anilines is 1. The van der Waals surface area contributed by atoms with Gasteiger partial charge in [-0.05, 0) is 45.0 Å². The van der Waals surface area contributed by atoms with Gasteiger partial charge < -0.3 is 34.6 Å². The van der Waals surface area contributed by atoms with E-state index in [-0.39, 0.29) is 64.9 Å². The molecule has 2 aliphatic heterocycles. The molecular weight excluding hydrogens is 671 g/mol. The van der Waals surface area contributed by atoms with Crippen molar-refractivity contribution < 1.29 is 37.1 Å². The van der Waals surface area contributed by atoms with E-state index in [1.54, 1.807) is 30.6 Å². The van der Waals surface area contributed by atoms with Crippen LogP contribution in [-0.4, -0.2) is 115 Å². The predicted octanol–water partition coefficient (Wildman–Crippen LogP) is 4.38. The molecule has 2 aliphatic rings. The summed E-state index contributed by atoms with van der Waals surface area (Å²) in [5.41, 5.74) is 0.587. The van der Waals surface area contributed by atoms with Crippen LogP contribution in [0, 0.1) is 0 Å². The van der Waals surface area contributed by atoms with E-state index >= 15 is 0 Å². The Hall–Kier alpha value is -5.06. The van der Waals surface area contributed by atoms with E-state index in [1.807, 2.05) is 0 Å². The highest BCUT2D eigenvalue weighted by Gasteiger charge is 2.36. The number of nitrogens with zero attached hydrogens (tertiary/aromatic N) is 6. The van der Waals surface area contributed by atoms with Gasteiger partial charge in [-0.15, -0.1) is 0 Å². The third-order valence-electron chi connectivity index (χ3n) is 7.74. The fraction of sp³-hybridized carbons (Fsp3) is 0.419. The number of piperazine rings is 1. The van der Waals surface area contributed by atoms with Crippen molar-refractivity contribution in [2.75, 3.05) is 44.6 Å². The number of urea groups is 1. The molecule has 18 heteroatoms. The second-order valence-electron chi connectivity index (χ2n) is 12.5. The van der Waals surface area contributed by atoms with Crippen LogP contribution in [0.2, 0.25) is 5.02 Å². The molecule has 4 heterocycles. The summed E-state index contributed by atoms with van der Waals surface area (Å²) >= 11 is 6.46. The van der Waals surface area contributed by atoms with Crippen molar-refractivity contribution in [2.45, 2.75) is 38.6 Å². The van der Waals surface area contributed by atoms with Crippen LogP contribution in [0.15, 0.2) is 36.7 Å². The number of aromatic amines is 1. The van der Waals surface area contributed by atoms with Crippen molar-refractivity contribution in [3.8, 4) is 11.3 Å². The van der Waals surface area contributed by atoms with E-state index in [2.05, 4.69) is 25.8 Å². The Morgan fingerprint density at radius 3 is 2.35 bits per heavy atom. The van der Waals surface area contributed by atoms with Crippen LogP contribution in [0.5, 0.6) is 0 Å². The molecule has 14 nitrogen and oxygen atoms in total. The van der Waals surface area contributed by atoms with E-state index in [4.69, 9.17) is 16.3 Å². The molecule has 3 N–H and O–H groups in total. The third kappa shape index (κ3) is 8.51. The molecule has 5 amide bonds. The summed E-state index contributed by atoms with van der Waals surface area (Å²) in [5.74, 6) is -0.981. The molecule has 1 aromatic carbocycles. The van der Waals surface area contributed by atoms with Gasteiger partial charge >= 0.3 is 18.3 Å². The summed E-state index contributed by atoms with van der Waals surface area (Å²) in [6, 6.07) is 3.97. The van der Waals surface area contributed by atoms with Gasteiger partial charge in [-0.1, -0.05) is 11.6 Å². The number of alkyl halides is 3. The number of halogens is 4. The topological polar surface area (TPSA) is 158 Å². The average molecular weight is 706 g/mol. The standard InChI is InChI=1S/C31H35ClF3N9O5/c1-30(2,3)49-29(48)44-16-19(17-44)39-28(47)43-11-9-42(10-12-43)27(46)20-6-5-18(13-22(20)32)38-26(45)25-36-15-24(41(25)4)21-14-37-40-23(21)7-8-31(33,34)35/h5-8,13-15,19H,9-12,16-17H2,1-4H3,(H,37,40)(H,38,45)(H,39,47). The third-order valence-corrected chi connectivity index (χ3v) is 8.05. The number of amides is 5. The second-order valence-corrected chi connectivity index (χ2v) is 13.0. The lowest BCUT2D eigenvalue weighted by Crippen LogP contribution is -2.64. The van der Waals surface area contributed by atoms with Crippen molar-refractivity contribution in [1.29, 1.82) is 0 Å². The van der Waals surface area contributed by atoms with Crippen LogP contribution in [0.4, 0.5) is 28.4 Å². The minimum absolute atomic E-state index is 0.0193. The van der Waals surface area contributed by atoms with Gasteiger partial charge in [-0.25, -0.2) is 14.6 Å². The normalized spacial score (nSPS) is 15.7. The molecule has 2 fully saturated rings. The molecule has 0 radical (unpaired) electrons. The Bertz CT molecular complexity index is 1770. The van der Waals surface area contributed by atoms with Crippen LogP contribution >= 0.6 is 11.6 Å². The lowest BCUT2D eigenvalue weighted by atomic mass is 10.1. The molecule has 0 bridgehead atoms. The smallest absolute Gasteiger partial charge is 0.410 e. The van der Waals surface area contributed by atoms with Crippen molar-refractivity contribution >= 4 is 47.3 Å². The van der Waals surface area contributed by atoms with Crippen LogP contribution in [0.1, 0.15) is 47.4 Å². The first-order valence-corrected chi connectivity index (χ1v) is 15.6. The number of aromatic nitrogens is 4. The van der Waals surface area contributed by atoms with Crippen molar-refractivity contribution in [3.63, 3.8) is 0 Å². The molecule has 0 spiro atoms. The number of H-pyrrole nitrogens is 1. The van der Waals surface area contributed by atoms with Gasteiger partial charge in [-0.3, -0.25) is 14.7 Å². The monoisotopic (exact) mass is 705 g/mol. The highest BCUT2D eigenvalue weighted by molar-refractivity contribution is 6.34. The van der Waals surface area contributed by atoms with Crippen molar-refractivity contribution in [1.82, 2.24) is 39.8 Å². The largest absolute Gasteiger partial charge is 0.444 e. The minimum Gasteiger partial charge on any atom is -0.444 e. The number of ether oxygens (including phenoxy) is 1. The summed E-state index contributed by atoms with van der Waals surface area (Å²) in [6.07, 6.45) is -1.32. The van der Waals surface area contributed by atoms with E-state index in [9.17, 15) is 32.3 Å². The highest BCUT2D eigenvalue weighted by atomic mass is 35.5. The Labute approximate surface area is 284 Å². The Balaban J connectivity index is 1.13. The molecule has 5 rings (SSSR count). The zero-order valence-corrected chi connectivity index (χ0v) is 27.9. The van der Waals surface area contributed by atoms with Crippen molar-refractivity contribution in [2.24, 2.45) is 7.05 Å². The van der Waals surface area contributed by atoms with E-state index in [1.165, 1.54) is 47.1 Å². The number of rotatable bonds is 6. The highest BCUT2D eigenvalue weighted by Crippen LogP contribution is 2.27. The van der Waals surface area contributed by atoms with E-state index in [0.717, 1.165) is 6.08 Å². The van der Waals surface area contributed by atoms with Crippen LogP contribution < -0.4 is 10.6 Å². The summed E-state index contributed by atoms with van der Waals surface area (Å²) in [4.78, 5) is 60.0. The van der Waals surface area contributed by atoms with Crippen LogP contribution in [-0.2, 0) is 11.8 Å². The molecule has 3 aromatic rings. The predicted molar refractivity (Wildman–Crippen MR) is 173 cm³/mol. The molecule has 0 atom stereocenters. The molecule has 0 aliphatic carbocycles. The van der Waals surface area contributed by atoms with E-state index < -0.39 is 23.8 Å². The quantitative estimate of drug-likeness (QED) is 0.344. The summed E-state index contributed by atoms with van der Waals surface area (Å²) in [5, 5.41) is 12.0. The first-order chi connectivity index (χ1) is 23.0. The summed E-state index contributed by atoms with van der Waals surface area (Å²) < 4.78 is 44.7. The number of benzene rings is 1. The van der Waals surface area contributed by atoms with Gasteiger partial charge in [0.05, 0.1) is 34.2 Å². The lowest BCUT2D eigenvalue weighted by Gasteiger charge is -2.41. The summed E-state index contributed by atoms with van der Waals surface area (Å²) in [6.45, 7) is 7.23. The van der Waals surface area contributed by atoms with Gasteiger partial charge in [0.15, 0.2) is 5.82 Å². The number of carbonyl (C=O) groups is 4. The fourth-order valence-corrected chi connectivity index (χ4v) is 5.49. The molecular formula is C31H35ClF3N9O5. The van der Waals surface area contributed by atoms with Crippen LogP contribution in [0.3, 0.4) is 0 Å². The van der Waals surface area contributed by atoms with E-state index in [0.29, 0.717) is 37.4 Å². The average Bonchev–Trinajstić information content (AvgIpc) is 3.62. The number of imidazole rings is 1. The van der Waals surface area contributed by atoms with Gasteiger partial charge in [0, 0.05) is 69.8 Å². The fourth-order valence-electron chi connectivity index (χ4n) is 5.22. The summed E-state index contributed by atoms with van der Waals surface area (Å²) in [7, 11) is 1.53. The molecule has 0 saturated carbocycles. The van der Waals surface area contributed by atoms with Crippen LogP contribution in [0.25, 0.3) is 17.3 Å². The van der Waals surface area contributed by atoms with Gasteiger partial charge in [0.25, 0.3) is 11.8 Å². The maximum atomic E-state index is 13.3. The zero-order valence-electron chi connectivity index (χ0n) is 27.1. The first kappa shape index (κ1) is 35.3. The number of carbonyl (C=O) groups excluding carboxylic acids is 4. The number of hydrogen-bond donors (Lipinski definition) is 3. The molecule has 49 heavy (non-hydrogen) atoms. The molecule has 0 unspecified atom stereocenters. The Kier molecular flexibility index (Phi) is 9.94. The molecule has 262 valence electrons. The first-order valence-electron chi connectivity index (χ1n) is 15.2. The number of allylic oxidation sites excluding steroid dienone is 1. The Morgan fingerprint density at radius 1 is 1.04 bits per heavy atom. The van der Waals surface area contributed by atoms with Gasteiger partial charge in [0.1, 0.15) is 5.60 Å². The Morgan fingerprint density at radius 2 is 1.71 bits per heavy atom.